The molecule has 7 nitrogen and oxygen atoms in total. The minimum Gasteiger partial charge on any atom is -0.467 e. The van der Waals surface area contributed by atoms with Gasteiger partial charge in [-0.1, -0.05) is 6.07 Å². The van der Waals surface area contributed by atoms with Gasteiger partial charge in [-0.15, -0.1) is 0 Å². The van der Waals surface area contributed by atoms with E-state index in [0.717, 1.165) is 25.9 Å². The maximum Gasteiger partial charge on any atom is 0.270 e. The number of furan rings is 1. The van der Waals surface area contributed by atoms with Crippen molar-refractivity contribution < 1.29 is 14.1 Å². The molecule has 0 saturated carbocycles. The van der Waals surface area contributed by atoms with E-state index in [1.165, 1.54) is 12.1 Å². The molecule has 2 aromatic rings. The van der Waals surface area contributed by atoms with Gasteiger partial charge >= 0.3 is 0 Å². The predicted molar refractivity (Wildman–Crippen MR) is 92.2 cm³/mol. The van der Waals surface area contributed by atoms with E-state index in [1.54, 1.807) is 29.4 Å². The number of piperidine rings is 1. The maximum absolute atomic E-state index is 13.1. The molecule has 25 heavy (non-hydrogen) atoms. The Hall–Kier alpha value is -2.67. The molecule has 1 amide bonds. The molecule has 132 valence electrons. The first kappa shape index (κ1) is 17.2. The number of likely N-dealkylation sites (tertiary alicyclic amines) is 1. The maximum atomic E-state index is 13.1. The van der Waals surface area contributed by atoms with E-state index in [9.17, 15) is 14.9 Å². The highest BCUT2D eigenvalue weighted by molar-refractivity contribution is 5.95. The summed E-state index contributed by atoms with van der Waals surface area (Å²) in [6.07, 6.45) is 3.33. The lowest BCUT2D eigenvalue weighted by Gasteiger charge is -2.37. The summed E-state index contributed by atoms with van der Waals surface area (Å²) >= 11 is 0. The minimum absolute atomic E-state index is 0.0767. The molecule has 0 bridgehead atoms. The van der Waals surface area contributed by atoms with Crippen molar-refractivity contribution in [3.8, 4) is 0 Å². The van der Waals surface area contributed by atoms with E-state index in [-0.39, 0.29) is 17.6 Å². The molecule has 0 unspecified atom stereocenters. The number of carbonyl (C=O) groups excluding carboxylic acids is 1. The summed E-state index contributed by atoms with van der Waals surface area (Å²) in [5.41, 5.74) is 0.256. The molecule has 1 aliphatic rings. The average Bonchev–Trinajstić information content (AvgIpc) is 3.13. The number of hydrogen-bond acceptors (Lipinski definition) is 5. The van der Waals surface area contributed by atoms with Crippen LogP contribution in [0.2, 0.25) is 0 Å². The van der Waals surface area contributed by atoms with Crippen LogP contribution in [-0.2, 0) is 6.54 Å². The fourth-order valence-corrected chi connectivity index (χ4v) is 3.16. The third kappa shape index (κ3) is 4.06. The van der Waals surface area contributed by atoms with E-state index in [2.05, 4.69) is 11.9 Å². The summed E-state index contributed by atoms with van der Waals surface area (Å²) in [5, 5.41) is 11.0. The molecular weight excluding hydrogens is 322 g/mol. The van der Waals surface area contributed by atoms with Crippen LogP contribution < -0.4 is 0 Å². The first-order valence-corrected chi connectivity index (χ1v) is 8.31. The van der Waals surface area contributed by atoms with Gasteiger partial charge in [0.25, 0.3) is 11.6 Å². The predicted octanol–water partition coefficient (Wildman–Crippen LogP) is 2.92. The van der Waals surface area contributed by atoms with Gasteiger partial charge in [0.05, 0.1) is 17.7 Å². The second-order valence-electron chi connectivity index (χ2n) is 6.35. The fourth-order valence-electron chi connectivity index (χ4n) is 3.16. The van der Waals surface area contributed by atoms with Crippen LogP contribution in [0.5, 0.6) is 0 Å². The van der Waals surface area contributed by atoms with Gasteiger partial charge < -0.3 is 14.2 Å². The summed E-state index contributed by atoms with van der Waals surface area (Å²) in [6.45, 7) is 2.20. The Morgan fingerprint density at radius 2 is 2.08 bits per heavy atom. The molecule has 0 atom stereocenters. The number of carbonyl (C=O) groups is 1. The van der Waals surface area contributed by atoms with Crippen LogP contribution in [0.1, 0.15) is 29.0 Å². The van der Waals surface area contributed by atoms with Gasteiger partial charge in [-0.05, 0) is 51.2 Å². The number of benzene rings is 1. The number of nitro groups is 1. The lowest BCUT2D eigenvalue weighted by molar-refractivity contribution is -0.384. The van der Waals surface area contributed by atoms with E-state index in [4.69, 9.17) is 4.42 Å². The van der Waals surface area contributed by atoms with Gasteiger partial charge in [-0.3, -0.25) is 14.9 Å². The Morgan fingerprint density at radius 1 is 1.32 bits per heavy atom. The summed E-state index contributed by atoms with van der Waals surface area (Å²) < 4.78 is 5.41. The average molecular weight is 343 g/mol. The summed E-state index contributed by atoms with van der Waals surface area (Å²) in [7, 11) is 2.06. The Bertz CT molecular complexity index is 737. The van der Waals surface area contributed by atoms with Gasteiger partial charge in [0.1, 0.15) is 5.76 Å². The van der Waals surface area contributed by atoms with E-state index < -0.39 is 4.92 Å². The molecule has 3 rings (SSSR count). The van der Waals surface area contributed by atoms with Gasteiger partial charge in [0, 0.05) is 23.7 Å². The molecule has 2 heterocycles. The number of non-ortho nitro benzene ring substituents is 1. The number of hydrogen-bond donors (Lipinski definition) is 0. The van der Waals surface area contributed by atoms with Gasteiger partial charge in [0.15, 0.2) is 0 Å². The Morgan fingerprint density at radius 3 is 2.72 bits per heavy atom. The first-order valence-electron chi connectivity index (χ1n) is 8.31. The van der Waals surface area contributed by atoms with Gasteiger partial charge in [-0.25, -0.2) is 0 Å². The summed E-state index contributed by atoms with van der Waals surface area (Å²) in [4.78, 5) is 27.6. The topological polar surface area (TPSA) is 79.8 Å². The standard InChI is InChI=1S/C18H21N3O4/c1-19-9-7-15(8-10-19)20(13-17-6-3-11-25-17)18(22)14-4-2-5-16(12-14)21(23)24/h2-6,11-12,15H,7-10,13H2,1H3. The van der Waals surface area contributed by atoms with Crippen LogP contribution in [0, 0.1) is 10.1 Å². The molecule has 1 saturated heterocycles. The SMILES string of the molecule is CN1CCC(N(Cc2ccco2)C(=O)c2cccc([N+](=O)[O-])c2)CC1. The Labute approximate surface area is 146 Å². The number of nitro benzene ring substituents is 1. The first-order chi connectivity index (χ1) is 12.0. The third-order valence-electron chi connectivity index (χ3n) is 4.60. The molecule has 7 heteroatoms. The molecule has 0 N–H and O–H groups in total. The van der Waals surface area contributed by atoms with Crippen molar-refractivity contribution >= 4 is 11.6 Å². The van der Waals surface area contributed by atoms with Crippen LogP contribution in [0.15, 0.2) is 47.1 Å². The van der Waals surface area contributed by atoms with Crippen molar-refractivity contribution in [2.45, 2.75) is 25.4 Å². The molecule has 1 fully saturated rings. The lowest BCUT2D eigenvalue weighted by atomic mass is 10.0. The second kappa shape index (κ2) is 7.48. The van der Waals surface area contributed by atoms with Crippen molar-refractivity contribution in [1.82, 2.24) is 9.80 Å². The highest BCUT2D eigenvalue weighted by Crippen LogP contribution is 2.23. The van der Waals surface area contributed by atoms with E-state index >= 15 is 0 Å². The molecule has 0 aliphatic carbocycles. The second-order valence-corrected chi connectivity index (χ2v) is 6.35. The van der Waals surface area contributed by atoms with Crippen molar-refractivity contribution in [2.24, 2.45) is 0 Å². The quantitative estimate of drug-likeness (QED) is 0.616. The normalized spacial score (nSPS) is 15.9. The third-order valence-corrected chi connectivity index (χ3v) is 4.60. The van der Waals surface area contributed by atoms with Crippen molar-refractivity contribution in [1.29, 1.82) is 0 Å². The molecule has 1 aliphatic heterocycles. The van der Waals surface area contributed by atoms with Crippen LogP contribution in [0.3, 0.4) is 0 Å². The molecule has 1 aromatic carbocycles. The zero-order chi connectivity index (χ0) is 17.8. The van der Waals surface area contributed by atoms with E-state index in [0.29, 0.717) is 17.9 Å². The molecular formula is C18H21N3O4. The zero-order valence-corrected chi connectivity index (χ0v) is 14.1. The van der Waals surface area contributed by atoms with Crippen molar-refractivity contribution in [3.05, 3.63) is 64.1 Å². The minimum atomic E-state index is -0.483. The van der Waals surface area contributed by atoms with Crippen LogP contribution in [0.4, 0.5) is 5.69 Å². The summed E-state index contributed by atoms with van der Waals surface area (Å²) in [6, 6.07) is 9.62. The Balaban J connectivity index is 1.86. The zero-order valence-electron chi connectivity index (χ0n) is 14.1. The molecule has 0 radical (unpaired) electrons. The molecule has 1 aromatic heterocycles. The highest BCUT2D eigenvalue weighted by Gasteiger charge is 2.29. The van der Waals surface area contributed by atoms with Crippen LogP contribution in [-0.4, -0.2) is 46.8 Å². The van der Waals surface area contributed by atoms with E-state index in [1.807, 2.05) is 6.07 Å². The number of rotatable bonds is 5. The number of nitrogens with zero attached hydrogens (tertiary/aromatic N) is 3. The number of amides is 1. The van der Waals surface area contributed by atoms with Crippen molar-refractivity contribution in [2.75, 3.05) is 20.1 Å². The van der Waals surface area contributed by atoms with Crippen molar-refractivity contribution in [3.63, 3.8) is 0 Å². The largest absolute Gasteiger partial charge is 0.467 e. The monoisotopic (exact) mass is 343 g/mol. The van der Waals surface area contributed by atoms with Crippen LogP contribution in [0.25, 0.3) is 0 Å². The van der Waals surface area contributed by atoms with Gasteiger partial charge in [-0.2, -0.15) is 0 Å². The Kier molecular flexibility index (Phi) is 5.14. The van der Waals surface area contributed by atoms with Gasteiger partial charge in [0.2, 0.25) is 0 Å². The smallest absolute Gasteiger partial charge is 0.270 e. The highest BCUT2D eigenvalue weighted by atomic mass is 16.6. The summed E-state index contributed by atoms with van der Waals surface area (Å²) in [5.74, 6) is 0.507. The van der Waals surface area contributed by atoms with Crippen LogP contribution >= 0.6 is 0 Å². The molecule has 0 spiro atoms. The fraction of sp³-hybridized carbons (Fsp3) is 0.389. The lowest BCUT2D eigenvalue weighted by Crippen LogP contribution is -2.46.